The van der Waals surface area contributed by atoms with Crippen LogP contribution in [0.25, 0.3) is 0 Å². The van der Waals surface area contributed by atoms with Gasteiger partial charge in [-0.15, -0.1) is 0 Å². The molecule has 1 saturated heterocycles. The summed E-state index contributed by atoms with van der Waals surface area (Å²) in [7, 11) is 0. The van der Waals surface area contributed by atoms with E-state index in [1.54, 1.807) is 52.1 Å². The number of esters is 1. The van der Waals surface area contributed by atoms with Crippen molar-refractivity contribution in [2.24, 2.45) is 0 Å². The fraction of sp³-hybridized carbons (Fsp3) is 0.208. The van der Waals surface area contributed by atoms with Gasteiger partial charge in [0.15, 0.2) is 6.61 Å². The number of carbonyl (C=O) groups excluding carboxylic acids is 3. The summed E-state index contributed by atoms with van der Waals surface area (Å²) < 4.78 is 5.25. The van der Waals surface area contributed by atoms with Crippen molar-refractivity contribution in [1.82, 2.24) is 4.90 Å². The van der Waals surface area contributed by atoms with Crippen molar-refractivity contribution in [3.63, 3.8) is 0 Å². The molecular formula is C24H22N4O6S. The number of piperazine rings is 1. The summed E-state index contributed by atoms with van der Waals surface area (Å²) in [5.74, 6) is -1.36. The number of nitrogens with one attached hydrogen (secondary N) is 1. The first-order valence-electron chi connectivity index (χ1n) is 10.8. The molecule has 1 aromatic heterocycles. The fourth-order valence-electron chi connectivity index (χ4n) is 3.65. The Kier molecular flexibility index (Phi) is 7.36. The summed E-state index contributed by atoms with van der Waals surface area (Å²) in [4.78, 5) is 51.6. The number of rotatable bonds is 7. The molecule has 35 heavy (non-hydrogen) atoms. The van der Waals surface area contributed by atoms with Gasteiger partial charge in [-0.25, -0.2) is 4.79 Å². The fourth-order valence-corrected chi connectivity index (χ4v) is 4.29. The van der Waals surface area contributed by atoms with Gasteiger partial charge in [0.25, 0.3) is 17.5 Å². The van der Waals surface area contributed by atoms with Gasteiger partial charge in [-0.2, -0.15) is 11.3 Å². The molecule has 2 amide bonds. The summed E-state index contributed by atoms with van der Waals surface area (Å²) in [6.07, 6.45) is 0. The maximum Gasteiger partial charge on any atom is 0.340 e. The first kappa shape index (κ1) is 23.9. The highest BCUT2D eigenvalue weighted by molar-refractivity contribution is 7.08. The lowest BCUT2D eigenvalue weighted by atomic mass is 10.1. The van der Waals surface area contributed by atoms with Gasteiger partial charge in [0.1, 0.15) is 0 Å². The predicted molar refractivity (Wildman–Crippen MR) is 131 cm³/mol. The monoisotopic (exact) mass is 494 g/mol. The number of amides is 2. The van der Waals surface area contributed by atoms with Crippen LogP contribution >= 0.6 is 11.3 Å². The molecule has 1 fully saturated rings. The molecule has 1 N–H and O–H groups in total. The molecule has 0 radical (unpaired) electrons. The topological polar surface area (TPSA) is 122 Å². The quantitative estimate of drug-likeness (QED) is 0.303. The van der Waals surface area contributed by atoms with Crippen LogP contribution in [0, 0.1) is 10.1 Å². The minimum absolute atomic E-state index is 0.0250. The van der Waals surface area contributed by atoms with Crippen LogP contribution in [0.4, 0.5) is 17.1 Å². The molecular weight excluding hydrogens is 472 g/mol. The van der Waals surface area contributed by atoms with Crippen LogP contribution in [0.3, 0.4) is 0 Å². The third kappa shape index (κ3) is 5.82. The molecule has 0 saturated carbocycles. The van der Waals surface area contributed by atoms with E-state index < -0.39 is 17.5 Å². The maximum absolute atomic E-state index is 12.6. The minimum Gasteiger partial charge on any atom is -0.452 e. The molecule has 10 nitrogen and oxygen atoms in total. The lowest BCUT2D eigenvalue weighted by molar-refractivity contribution is -0.384. The van der Waals surface area contributed by atoms with E-state index in [1.165, 1.54) is 29.5 Å². The van der Waals surface area contributed by atoms with Crippen molar-refractivity contribution in [3.05, 3.63) is 86.6 Å². The lowest BCUT2D eigenvalue weighted by Crippen LogP contribution is -2.49. The van der Waals surface area contributed by atoms with E-state index in [0.717, 1.165) is 5.69 Å². The molecule has 180 valence electrons. The first-order chi connectivity index (χ1) is 16.9. The van der Waals surface area contributed by atoms with Crippen LogP contribution in [0.15, 0.2) is 65.4 Å². The van der Waals surface area contributed by atoms with Gasteiger partial charge in [0.05, 0.1) is 21.7 Å². The molecule has 1 aliphatic heterocycles. The number of nitrogens with zero attached hydrogens (tertiary/aromatic N) is 3. The van der Waals surface area contributed by atoms with E-state index in [0.29, 0.717) is 37.4 Å². The number of hydrogen-bond donors (Lipinski definition) is 1. The highest BCUT2D eigenvalue weighted by Crippen LogP contribution is 2.21. The molecule has 2 heterocycles. The number of anilines is 2. The smallest absolute Gasteiger partial charge is 0.340 e. The summed E-state index contributed by atoms with van der Waals surface area (Å²) in [6.45, 7) is 1.55. The van der Waals surface area contributed by atoms with Gasteiger partial charge < -0.3 is 19.9 Å². The number of benzene rings is 2. The summed E-state index contributed by atoms with van der Waals surface area (Å²) >= 11 is 1.39. The second-order valence-corrected chi connectivity index (χ2v) is 8.51. The molecule has 11 heteroatoms. The molecule has 2 aromatic carbocycles. The third-order valence-corrected chi connectivity index (χ3v) is 6.25. The summed E-state index contributed by atoms with van der Waals surface area (Å²) in [5, 5.41) is 17.0. The van der Waals surface area contributed by atoms with Gasteiger partial charge in [0.2, 0.25) is 0 Å². The summed E-state index contributed by atoms with van der Waals surface area (Å²) in [5.41, 5.74) is 1.82. The number of para-hydroxylation sites is 1. The highest BCUT2D eigenvalue weighted by Gasteiger charge is 2.23. The average molecular weight is 495 g/mol. The van der Waals surface area contributed by atoms with Crippen molar-refractivity contribution >= 4 is 46.2 Å². The second kappa shape index (κ2) is 10.8. The van der Waals surface area contributed by atoms with Gasteiger partial charge in [0, 0.05) is 49.4 Å². The van der Waals surface area contributed by atoms with Crippen LogP contribution in [0.5, 0.6) is 0 Å². The van der Waals surface area contributed by atoms with Crippen molar-refractivity contribution < 1.29 is 24.0 Å². The van der Waals surface area contributed by atoms with Crippen LogP contribution in [-0.4, -0.2) is 60.4 Å². The van der Waals surface area contributed by atoms with E-state index in [1.807, 2.05) is 4.90 Å². The van der Waals surface area contributed by atoms with E-state index >= 15 is 0 Å². The van der Waals surface area contributed by atoms with E-state index in [9.17, 15) is 24.5 Å². The van der Waals surface area contributed by atoms with E-state index in [4.69, 9.17) is 4.74 Å². The zero-order valence-corrected chi connectivity index (χ0v) is 19.4. The Bertz CT molecular complexity index is 1220. The van der Waals surface area contributed by atoms with Crippen molar-refractivity contribution in [2.75, 3.05) is 43.0 Å². The Morgan fingerprint density at radius 3 is 2.37 bits per heavy atom. The van der Waals surface area contributed by atoms with Gasteiger partial charge in [-0.05, 0) is 35.7 Å². The zero-order chi connectivity index (χ0) is 24.8. The van der Waals surface area contributed by atoms with Crippen molar-refractivity contribution in [1.29, 1.82) is 0 Å². The van der Waals surface area contributed by atoms with E-state index in [2.05, 4.69) is 5.32 Å². The SMILES string of the molecule is O=C(Nc1ccccc1C(=O)OCC(=O)N1CCN(c2ccc([N+](=O)[O-])cc2)CC1)c1ccsc1. The van der Waals surface area contributed by atoms with Crippen LogP contribution < -0.4 is 10.2 Å². The highest BCUT2D eigenvalue weighted by atomic mass is 32.1. The molecule has 0 unspecified atom stereocenters. The number of hydrogen-bond acceptors (Lipinski definition) is 8. The van der Waals surface area contributed by atoms with Crippen LogP contribution in [0.2, 0.25) is 0 Å². The first-order valence-corrected chi connectivity index (χ1v) is 11.7. The van der Waals surface area contributed by atoms with Crippen LogP contribution in [-0.2, 0) is 9.53 Å². The third-order valence-electron chi connectivity index (χ3n) is 5.56. The summed E-state index contributed by atoms with van der Waals surface area (Å²) in [6, 6.07) is 14.4. The van der Waals surface area contributed by atoms with Gasteiger partial charge in [-0.3, -0.25) is 19.7 Å². The number of nitro groups is 1. The number of nitro benzene ring substituents is 1. The van der Waals surface area contributed by atoms with Gasteiger partial charge >= 0.3 is 5.97 Å². The Labute approximate surface area is 204 Å². The Morgan fingerprint density at radius 1 is 1.00 bits per heavy atom. The standard InChI is InChI=1S/C24H22N4O6S/c29-22(27-12-10-26(11-13-27)18-5-7-19(8-6-18)28(32)33)15-34-24(31)20-3-1-2-4-21(20)25-23(30)17-9-14-35-16-17/h1-9,14,16H,10-13,15H2,(H,25,30). The zero-order valence-electron chi connectivity index (χ0n) is 18.6. The predicted octanol–water partition coefficient (Wildman–Crippen LogP) is 3.41. The minimum atomic E-state index is -0.705. The molecule has 0 aliphatic carbocycles. The van der Waals surface area contributed by atoms with Crippen molar-refractivity contribution in [3.8, 4) is 0 Å². The Balaban J connectivity index is 1.29. The molecule has 0 bridgehead atoms. The Morgan fingerprint density at radius 2 is 1.71 bits per heavy atom. The second-order valence-electron chi connectivity index (χ2n) is 7.73. The van der Waals surface area contributed by atoms with Gasteiger partial charge in [-0.1, -0.05) is 12.1 Å². The lowest BCUT2D eigenvalue weighted by Gasteiger charge is -2.36. The van der Waals surface area contributed by atoms with Crippen LogP contribution in [0.1, 0.15) is 20.7 Å². The number of ether oxygens (including phenoxy) is 1. The Hall–Kier alpha value is -4.25. The molecule has 1 aliphatic rings. The number of non-ortho nitro benzene ring substituents is 1. The molecule has 0 spiro atoms. The molecule has 3 aromatic rings. The van der Waals surface area contributed by atoms with E-state index in [-0.39, 0.29) is 23.1 Å². The largest absolute Gasteiger partial charge is 0.452 e. The molecule has 4 rings (SSSR count). The van der Waals surface area contributed by atoms with Crippen molar-refractivity contribution in [2.45, 2.75) is 0 Å². The number of thiophene rings is 1. The molecule has 0 atom stereocenters. The number of carbonyl (C=O) groups is 3. The normalized spacial score (nSPS) is 13.3. The maximum atomic E-state index is 12.6. The average Bonchev–Trinajstić information content (AvgIpc) is 3.43.